The number of nitrogens with one attached hydrogen (secondary N) is 3. The van der Waals surface area contributed by atoms with E-state index < -0.39 is 6.03 Å². The van der Waals surface area contributed by atoms with E-state index in [9.17, 15) is 9.59 Å². The van der Waals surface area contributed by atoms with Crippen LogP contribution >= 0.6 is 11.6 Å². The molecule has 0 saturated carbocycles. The van der Waals surface area contributed by atoms with Gasteiger partial charge in [-0.25, -0.2) is 14.5 Å². The topological polar surface area (TPSA) is 119 Å². The van der Waals surface area contributed by atoms with E-state index in [1.807, 2.05) is 37.3 Å². The Morgan fingerprint density at radius 2 is 1.80 bits per heavy atom. The van der Waals surface area contributed by atoms with E-state index in [1.54, 1.807) is 35.0 Å². The average Bonchev–Trinajstić information content (AvgIpc) is 3.32. The van der Waals surface area contributed by atoms with Gasteiger partial charge in [0.05, 0.1) is 16.4 Å². The predicted octanol–water partition coefficient (Wildman–Crippen LogP) is 6.59. The van der Waals surface area contributed by atoms with Crippen LogP contribution in [0.2, 0.25) is 5.02 Å². The molecule has 3 amide bonds. The van der Waals surface area contributed by atoms with Gasteiger partial charge in [0.1, 0.15) is 29.7 Å². The number of urea groups is 1. The fourth-order valence-corrected chi connectivity index (χ4v) is 4.02. The molecule has 2 heterocycles. The highest BCUT2D eigenvalue weighted by molar-refractivity contribution is 6.32. The second kappa shape index (κ2) is 13.6. The van der Waals surface area contributed by atoms with Crippen molar-refractivity contribution in [3.8, 4) is 17.2 Å². The number of rotatable bonds is 11. The summed E-state index contributed by atoms with van der Waals surface area (Å²) in [7, 11) is 1.43. The molecule has 0 saturated heterocycles. The summed E-state index contributed by atoms with van der Waals surface area (Å²) in [5.41, 5.74) is 3.37. The lowest BCUT2D eigenvalue weighted by Crippen LogP contribution is -2.21. The molecule has 3 N–H and O–H groups in total. The van der Waals surface area contributed by atoms with Gasteiger partial charge in [0.25, 0.3) is 5.91 Å². The zero-order valence-electron chi connectivity index (χ0n) is 22.5. The molecule has 40 heavy (non-hydrogen) atoms. The third kappa shape index (κ3) is 7.81. The number of nitrogens with zero attached hydrogens (tertiary/aromatic N) is 3. The fraction of sp³-hybridized carbons (Fsp3) is 0.241. The summed E-state index contributed by atoms with van der Waals surface area (Å²) >= 11 is 6.45. The van der Waals surface area contributed by atoms with Gasteiger partial charge in [0, 0.05) is 31.1 Å². The molecule has 0 bridgehead atoms. The van der Waals surface area contributed by atoms with Crippen molar-refractivity contribution < 1.29 is 19.1 Å². The number of ether oxygens (including phenoxy) is 2. The van der Waals surface area contributed by atoms with Crippen molar-refractivity contribution in [1.82, 2.24) is 14.8 Å². The molecule has 0 atom stereocenters. The molecule has 2 aromatic carbocycles. The number of aryl methyl sites for hydroxylation is 2. The Hall–Kier alpha value is -4.41. The number of anilines is 3. The third-order valence-corrected chi connectivity index (χ3v) is 6.05. The van der Waals surface area contributed by atoms with Gasteiger partial charge < -0.3 is 20.1 Å². The normalized spacial score (nSPS) is 10.7. The second-order valence-electron chi connectivity index (χ2n) is 9.06. The lowest BCUT2D eigenvalue weighted by molar-refractivity contribution is -0.119. The molecule has 0 aliphatic heterocycles. The van der Waals surface area contributed by atoms with Crippen LogP contribution in [0.25, 0.3) is 5.69 Å². The number of amides is 3. The third-order valence-electron chi connectivity index (χ3n) is 5.76. The van der Waals surface area contributed by atoms with Crippen molar-refractivity contribution in [2.75, 3.05) is 29.7 Å². The van der Waals surface area contributed by atoms with E-state index in [-0.39, 0.29) is 17.5 Å². The number of aromatic nitrogens is 3. The first-order valence-electron chi connectivity index (χ1n) is 12.8. The number of halogens is 1. The van der Waals surface area contributed by atoms with Crippen LogP contribution in [0.3, 0.4) is 0 Å². The maximum absolute atomic E-state index is 12.9. The number of methoxy groups -OCH3 is 1. The smallest absolute Gasteiger partial charge is 0.324 e. The zero-order valence-corrected chi connectivity index (χ0v) is 23.3. The Balaban J connectivity index is 1.43. The molecule has 10 nitrogen and oxygen atoms in total. The number of carbonyl (C=O) groups is 2. The van der Waals surface area contributed by atoms with Crippen LogP contribution in [-0.2, 0) is 16.0 Å². The minimum absolute atomic E-state index is 0.0883. The Morgan fingerprint density at radius 3 is 2.52 bits per heavy atom. The summed E-state index contributed by atoms with van der Waals surface area (Å²) in [4.78, 5) is 28.7. The van der Waals surface area contributed by atoms with Gasteiger partial charge in [-0.1, -0.05) is 42.6 Å². The summed E-state index contributed by atoms with van der Waals surface area (Å²) in [6.07, 6.45) is 4.38. The molecule has 0 unspecified atom stereocenters. The van der Waals surface area contributed by atoms with Crippen LogP contribution in [-0.4, -0.2) is 40.4 Å². The molecule has 4 aromatic rings. The largest absolute Gasteiger partial charge is 0.456 e. The molecule has 0 spiro atoms. The first-order valence-corrected chi connectivity index (χ1v) is 13.2. The van der Waals surface area contributed by atoms with Gasteiger partial charge >= 0.3 is 6.03 Å². The van der Waals surface area contributed by atoms with Crippen LogP contribution in [0, 0.1) is 6.92 Å². The van der Waals surface area contributed by atoms with E-state index in [2.05, 4.69) is 27.9 Å². The quantitative estimate of drug-likeness (QED) is 0.190. The zero-order chi connectivity index (χ0) is 28.5. The van der Waals surface area contributed by atoms with Gasteiger partial charge in [0.15, 0.2) is 0 Å². The van der Waals surface area contributed by atoms with Gasteiger partial charge in [-0.3, -0.25) is 10.1 Å². The standard InChI is InChI=1S/C29H31ClN6O4/c1-4-5-6-21-16-27(36(35-21)22-10-7-19(2)8-11-22)34-29(38)32-20-9-12-25(24(30)15-20)40-23-13-14-31-26(17-23)33-28(37)18-39-3/h7-17H,4-6,18H2,1-3H3,(H,31,33,37)(H2,32,34,38). The number of carbonyl (C=O) groups excluding carboxylic acids is 2. The maximum atomic E-state index is 12.9. The molecule has 0 aliphatic rings. The van der Waals surface area contributed by atoms with Gasteiger partial charge in [0.2, 0.25) is 0 Å². The highest BCUT2D eigenvalue weighted by atomic mass is 35.5. The van der Waals surface area contributed by atoms with Crippen molar-refractivity contribution in [2.24, 2.45) is 0 Å². The van der Waals surface area contributed by atoms with Crippen molar-refractivity contribution >= 4 is 40.9 Å². The number of unbranched alkanes of at least 4 members (excludes halogenated alkanes) is 1. The molecular formula is C29H31ClN6O4. The second-order valence-corrected chi connectivity index (χ2v) is 9.46. The summed E-state index contributed by atoms with van der Waals surface area (Å²) in [6, 6.07) is 17.5. The molecule has 4 rings (SSSR count). The van der Waals surface area contributed by atoms with Gasteiger partial charge in [-0.2, -0.15) is 5.10 Å². The lowest BCUT2D eigenvalue weighted by Gasteiger charge is -2.12. The summed E-state index contributed by atoms with van der Waals surface area (Å²) in [5.74, 6) is 1.33. The minimum Gasteiger partial charge on any atom is -0.456 e. The van der Waals surface area contributed by atoms with Gasteiger partial charge in [-0.05, 0) is 56.2 Å². The highest BCUT2D eigenvalue weighted by Gasteiger charge is 2.14. The monoisotopic (exact) mass is 562 g/mol. The Morgan fingerprint density at radius 1 is 1.00 bits per heavy atom. The van der Waals surface area contributed by atoms with E-state index in [1.165, 1.54) is 13.3 Å². The van der Waals surface area contributed by atoms with Crippen molar-refractivity contribution in [1.29, 1.82) is 0 Å². The Labute approximate surface area is 237 Å². The average molecular weight is 563 g/mol. The summed E-state index contributed by atoms with van der Waals surface area (Å²) < 4.78 is 12.4. The van der Waals surface area contributed by atoms with E-state index in [0.717, 1.165) is 36.2 Å². The SMILES string of the molecule is CCCCc1cc(NC(=O)Nc2ccc(Oc3ccnc(NC(=O)COC)c3)c(Cl)c2)n(-c2ccc(C)cc2)n1. The van der Waals surface area contributed by atoms with Crippen LogP contribution in [0.4, 0.5) is 22.1 Å². The molecule has 0 aliphatic carbocycles. The molecule has 11 heteroatoms. The van der Waals surface area contributed by atoms with Crippen molar-refractivity contribution in [3.63, 3.8) is 0 Å². The van der Waals surface area contributed by atoms with Crippen LogP contribution in [0.15, 0.2) is 66.9 Å². The van der Waals surface area contributed by atoms with E-state index in [0.29, 0.717) is 28.8 Å². The van der Waals surface area contributed by atoms with Crippen molar-refractivity contribution in [3.05, 3.63) is 83.1 Å². The highest BCUT2D eigenvalue weighted by Crippen LogP contribution is 2.32. The van der Waals surface area contributed by atoms with Crippen molar-refractivity contribution in [2.45, 2.75) is 33.1 Å². The maximum Gasteiger partial charge on any atom is 0.324 e. The number of pyridine rings is 1. The van der Waals surface area contributed by atoms with E-state index in [4.69, 9.17) is 26.2 Å². The first-order chi connectivity index (χ1) is 19.3. The fourth-order valence-electron chi connectivity index (χ4n) is 3.80. The number of benzene rings is 2. The molecule has 208 valence electrons. The van der Waals surface area contributed by atoms with Crippen LogP contribution < -0.4 is 20.7 Å². The number of hydrogen-bond acceptors (Lipinski definition) is 6. The Bertz CT molecular complexity index is 1470. The van der Waals surface area contributed by atoms with E-state index >= 15 is 0 Å². The minimum atomic E-state index is -0.439. The number of hydrogen-bond donors (Lipinski definition) is 3. The van der Waals surface area contributed by atoms with Crippen LogP contribution in [0.5, 0.6) is 11.5 Å². The molecule has 0 fully saturated rings. The lowest BCUT2D eigenvalue weighted by atomic mass is 10.2. The molecular weight excluding hydrogens is 532 g/mol. The molecule has 0 radical (unpaired) electrons. The van der Waals surface area contributed by atoms with Gasteiger partial charge in [-0.15, -0.1) is 0 Å². The Kier molecular flexibility index (Phi) is 9.71. The summed E-state index contributed by atoms with van der Waals surface area (Å²) in [5, 5.41) is 13.3. The van der Waals surface area contributed by atoms with Crippen LogP contribution in [0.1, 0.15) is 31.0 Å². The molecule has 2 aromatic heterocycles. The summed E-state index contributed by atoms with van der Waals surface area (Å²) in [6.45, 7) is 4.06. The predicted molar refractivity (Wildman–Crippen MR) is 156 cm³/mol. The first kappa shape index (κ1) is 28.6.